The first-order valence-electron chi connectivity index (χ1n) is 3.56. The zero-order valence-corrected chi connectivity index (χ0v) is 6.94. The van der Waals surface area contributed by atoms with Gasteiger partial charge in [0.15, 0.2) is 0 Å². The molecule has 1 aliphatic carbocycles. The van der Waals surface area contributed by atoms with Crippen LogP contribution in [0.1, 0.15) is 12.8 Å². The largest absolute Gasteiger partial charge is 0.357 e. The van der Waals surface area contributed by atoms with Gasteiger partial charge in [-0.1, -0.05) is 11.3 Å². The van der Waals surface area contributed by atoms with Gasteiger partial charge in [-0.15, -0.1) is 10.2 Å². The molecule has 0 aliphatic heterocycles. The van der Waals surface area contributed by atoms with Crippen LogP contribution in [0.4, 0.5) is 13.9 Å². The molecule has 1 fully saturated rings. The van der Waals surface area contributed by atoms with Crippen molar-refractivity contribution in [2.45, 2.75) is 24.8 Å². The van der Waals surface area contributed by atoms with Crippen molar-refractivity contribution in [1.29, 1.82) is 0 Å². The molecule has 1 saturated carbocycles. The van der Waals surface area contributed by atoms with Crippen LogP contribution >= 0.6 is 11.3 Å². The number of hydrogen-bond acceptors (Lipinski definition) is 4. The fourth-order valence-corrected chi connectivity index (χ4v) is 1.70. The number of rotatable bonds is 2. The summed E-state index contributed by atoms with van der Waals surface area (Å²) < 4.78 is 24.7. The maximum Gasteiger partial charge on any atom is 0.252 e. The van der Waals surface area contributed by atoms with E-state index >= 15 is 0 Å². The van der Waals surface area contributed by atoms with Gasteiger partial charge < -0.3 is 5.32 Å². The fraction of sp³-hybridized carbons (Fsp3) is 0.667. The third-order valence-corrected chi connectivity index (χ3v) is 2.40. The third kappa shape index (κ3) is 1.52. The highest BCUT2D eigenvalue weighted by Crippen LogP contribution is 2.39. The highest BCUT2D eigenvalue weighted by Gasteiger charge is 2.45. The van der Waals surface area contributed by atoms with Crippen LogP contribution in [-0.4, -0.2) is 22.2 Å². The molecular formula is C6H7F2N3S. The summed E-state index contributed by atoms with van der Waals surface area (Å²) in [5, 5.41) is 10.8. The van der Waals surface area contributed by atoms with E-state index in [9.17, 15) is 8.78 Å². The molecule has 0 atom stereocenters. The van der Waals surface area contributed by atoms with Crippen LogP contribution in [0.15, 0.2) is 5.51 Å². The number of aromatic nitrogens is 2. The standard InChI is InChI=1S/C6H7F2N3S/c7-6(8)1-4(2-6)10-5-11-9-3-12-5/h3-4H,1-2H2,(H,10,11). The van der Waals surface area contributed by atoms with Crippen molar-refractivity contribution >= 4 is 16.5 Å². The molecule has 66 valence electrons. The van der Waals surface area contributed by atoms with Crippen molar-refractivity contribution in [2.24, 2.45) is 0 Å². The van der Waals surface area contributed by atoms with Crippen LogP contribution in [0.3, 0.4) is 0 Å². The van der Waals surface area contributed by atoms with E-state index in [1.807, 2.05) is 0 Å². The Morgan fingerprint density at radius 3 is 2.83 bits per heavy atom. The highest BCUT2D eigenvalue weighted by molar-refractivity contribution is 7.13. The van der Waals surface area contributed by atoms with Gasteiger partial charge in [0.05, 0.1) is 0 Å². The fourth-order valence-electron chi connectivity index (χ4n) is 1.17. The first kappa shape index (κ1) is 7.85. The smallest absolute Gasteiger partial charge is 0.252 e. The van der Waals surface area contributed by atoms with Crippen LogP contribution in [-0.2, 0) is 0 Å². The summed E-state index contributed by atoms with van der Waals surface area (Å²) in [5.74, 6) is -2.47. The molecule has 1 aromatic heterocycles. The Bertz CT molecular complexity index is 254. The number of alkyl halides is 2. The second-order valence-corrected chi connectivity index (χ2v) is 3.68. The lowest BCUT2D eigenvalue weighted by Gasteiger charge is -2.34. The molecule has 1 aromatic rings. The van der Waals surface area contributed by atoms with Crippen molar-refractivity contribution in [1.82, 2.24) is 10.2 Å². The van der Waals surface area contributed by atoms with Gasteiger partial charge in [0, 0.05) is 18.9 Å². The Labute approximate surface area is 71.8 Å². The maximum atomic E-state index is 12.3. The molecule has 1 heterocycles. The Kier molecular flexibility index (Phi) is 1.71. The minimum Gasteiger partial charge on any atom is -0.357 e. The van der Waals surface area contributed by atoms with Crippen LogP contribution in [0.5, 0.6) is 0 Å². The molecule has 0 saturated heterocycles. The van der Waals surface area contributed by atoms with Crippen molar-refractivity contribution in [3.05, 3.63) is 5.51 Å². The minimum absolute atomic E-state index is 0.0907. The zero-order valence-electron chi connectivity index (χ0n) is 6.13. The van der Waals surface area contributed by atoms with E-state index in [-0.39, 0.29) is 18.9 Å². The normalized spacial score (nSPS) is 21.8. The highest BCUT2D eigenvalue weighted by atomic mass is 32.1. The molecule has 0 spiro atoms. The second-order valence-electron chi connectivity index (χ2n) is 2.85. The molecule has 0 amide bonds. The molecule has 12 heavy (non-hydrogen) atoms. The minimum atomic E-state index is -2.47. The molecule has 0 unspecified atom stereocenters. The molecule has 1 N–H and O–H groups in total. The van der Waals surface area contributed by atoms with Gasteiger partial charge in [0.1, 0.15) is 5.51 Å². The summed E-state index contributed by atoms with van der Waals surface area (Å²) in [6.07, 6.45) is -0.181. The average molecular weight is 191 g/mol. The van der Waals surface area contributed by atoms with Crippen LogP contribution in [0, 0.1) is 0 Å². The molecule has 0 bridgehead atoms. The summed E-state index contributed by atoms with van der Waals surface area (Å²) in [7, 11) is 0. The van der Waals surface area contributed by atoms with Crippen molar-refractivity contribution in [3.63, 3.8) is 0 Å². The first-order valence-corrected chi connectivity index (χ1v) is 4.44. The molecular weight excluding hydrogens is 184 g/mol. The van der Waals surface area contributed by atoms with E-state index in [2.05, 4.69) is 15.5 Å². The third-order valence-electron chi connectivity index (χ3n) is 1.78. The summed E-state index contributed by atoms with van der Waals surface area (Å²) in [5.41, 5.74) is 1.57. The van der Waals surface area contributed by atoms with Gasteiger partial charge >= 0.3 is 0 Å². The molecule has 6 heteroatoms. The van der Waals surface area contributed by atoms with E-state index in [0.29, 0.717) is 5.13 Å². The lowest BCUT2D eigenvalue weighted by Crippen LogP contribution is -2.44. The quantitative estimate of drug-likeness (QED) is 0.773. The summed E-state index contributed by atoms with van der Waals surface area (Å²) in [6, 6.07) is -0.132. The summed E-state index contributed by atoms with van der Waals surface area (Å²) in [6.45, 7) is 0. The topological polar surface area (TPSA) is 37.8 Å². The average Bonchev–Trinajstić information content (AvgIpc) is 2.35. The van der Waals surface area contributed by atoms with Gasteiger partial charge in [-0.05, 0) is 0 Å². The van der Waals surface area contributed by atoms with E-state index in [1.54, 1.807) is 5.51 Å². The summed E-state index contributed by atoms with van der Waals surface area (Å²) in [4.78, 5) is 0. The Morgan fingerprint density at radius 1 is 1.58 bits per heavy atom. The van der Waals surface area contributed by atoms with Crippen molar-refractivity contribution < 1.29 is 8.78 Å². The van der Waals surface area contributed by atoms with E-state index in [1.165, 1.54) is 11.3 Å². The van der Waals surface area contributed by atoms with Crippen molar-refractivity contribution in [2.75, 3.05) is 5.32 Å². The van der Waals surface area contributed by atoms with Crippen LogP contribution in [0.25, 0.3) is 0 Å². The van der Waals surface area contributed by atoms with E-state index in [0.717, 1.165) is 0 Å². The van der Waals surface area contributed by atoms with Gasteiger partial charge in [0.25, 0.3) is 5.92 Å². The first-order chi connectivity index (χ1) is 5.66. The monoisotopic (exact) mass is 191 g/mol. The Balaban J connectivity index is 1.84. The second kappa shape index (κ2) is 2.62. The number of hydrogen-bond donors (Lipinski definition) is 1. The molecule has 1 aliphatic rings. The molecule has 3 nitrogen and oxygen atoms in total. The lowest BCUT2D eigenvalue weighted by molar-refractivity contribution is -0.0793. The number of nitrogens with zero attached hydrogens (tertiary/aromatic N) is 2. The number of nitrogens with one attached hydrogen (secondary N) is 1. The van der Waals surface area contributed by atoms with Gasteiger partial charge in [-0.3, -0.25) is 0 Å². The maximum absolute atomic E-state index is 12.3. The summed E-state index contributed by atoms with van der Waals surface area (Å²) >= 11 is 1.32. The number of anilines is 1. The molecule has 0 aromatic carbocycles. The Morgan fingerprint density at radius 2 is 2.33 bits per heavy atom. The molecule has 0 radical (unpaired) electrons. The van der Waals surface area contributed by atoms with E-state index in [4.69, 9.17) is 0 Å². The number of halogens is 2. The van der Waals surface area contributed by atoms with Gasteiger partial charge in [-0.25, -0.2) is 8.78 Å². The lowest BCUT2D eigenvalue weighted by atomic mass is 9.88. The van der Waals surface area contributed by atoms with Gasteiger partial charge in [0.2, 0.25) is 5.13 Å². The zero-order chi connectivity index (χ0) is 8.60. The van der Waals surface area contributed by atoms with Gasteiger partial charge in [-0.2, -0.15) is 0 Å². The SMILES string of the molecule is FC1(F)CC(Nc2nncs2)C1. The van der Waals surface area contributed by atoms with Crippen LogP contribution < -0.4 is 5.32 Å². The van der Waals surface area contributed by atoms with Crippen LogP contribution in [0.2, 0.25) is 0 Å². The molecule has 2 rings (SSSR count). The van der Waals surface area contributed by atoms with E-state index < -0.39 is 5.92 Å². The predicted molar refractivity (Wildman–Crippen MR) is 41.5 cm³/mol. The predicted octanol–water partition coefficient (Wildman–Crippen LogP) is 1.75. The Hall–Kier alpha value is -0.780. The van der Waals surface area contributed by atoms with Crippen molar-refractivity contribution in [3.8, 4) is 0 Å².